The van der Waals surface area contributed by atoms with Gasteiger partial charge < -0.3 is 15.9 Å². The second kappa shape index (κ2) is 6.02. The van der Waals surface area contributed by atoms with E-state index in [-0.39, 0.29) is 0 Å². The van der Waals surface area contributed by atoms with E-state index in [0.29, 0.717) is 4.99 Å². The van der Waals surface area contributed by atoms with Crippen LogP contribution < -0.4 is 15.9 Å². The molecule has 0 aromatic heterocycles. The Morgan fingerprint density at radius 3 is 2.67 bits per heavy atom. The molecule has 2 rings (SSSR count). The summed E-state index contributed by atoms with van der Waals surface area (Å²) in [7, 11) is 1.65. The molecule has 0 unspecified atom stereocenters. The minimum absolute atomic E-state index is 0.400. The maximum Gasteiger partial charge on any atom is 0.121 e. The predicted octanol–water partition coefficient (Wildman–Crippen LogP) is 2.14. The van der Waals surface area contributed by atoms with Crippen LogP contribution in [0.25, 0.3) is 0 Å². The van der Waals surface area contributed by atoms with Crippen LogP contribution in [-0.2, 0) is 0 Å². The van der Waals surface area contributed by atoms with Crippen molar-refractivity contribution in [2.24, 2.45) is 5.73 Å². The number of benzene rings is 1. The maximum absolute atomic E-state index is 5.74. The van der Waals surface area contributed by atoms with Gasteiger partial charge in [0.1, 0.15) is 10.7 Å². The van der Waals surface area contributed by atoms with E-state index in [1.807, 2.05) is 18.2 Å². The fourth-order valence-corrected chi connectivity index (χ4v) is 2.31. The molecule has 1 heterocycles. The number of thiocarbonyl (C=S) groups is 1. The number of hydrogen-bond donors (Lipinski definition) is 2. The van der Waals surface area contributed by atoms with E-state index >= 15 is 0 Å². The van der Waals surface area contributed by atoms with Crippen molar-refractivity contribution in [1.82, 2.24) is 5.01 Å². The molecule has 0 bridgehead atoms. The summed E-state index contributed by atoms with van der Waals surface area (Å²) in [6.07, 6.45) is 3.75. The van der Waals surface area contributed by atoms with Crippen LogP contribution >= 0.6 is 12.2 Å². The summed E-state index contributed by atoms with van der Waals surface area (Å²) in [4.78, 5) is 0.400. The van der Waals surface area contributed by atoms with Gasteiger partial charge in [0, 0.05) is 24.7 Å². The van der Waals surface area contributed by atoms with E-state index in [2.05, 4.69) is 10.4 Å². The van der Waals surface area contributed by atoms with Crippen LogP contribution in [0, 0.1) is 0 Å². The molecule has 4 nitrogen and oxygen atoms in total. The number of rotatable bonds is 4. The molecule has 0 atom stereocenters. The number of anilines is 1. The average Bonchev–Trinajstić information content (AvgIpc) is 2.39. The molecule has 0 radical (unpaired) electrons. The Balaban J connectivity index is 2.19. The van der Waals surface area contributed by atoms with Crippen LogP contribution in [0.5, 0.6) is 5.75 Å². The second-order valence-electron chi connectivity index (χ2n) is 4.44. The number of methoxy groups -OCH3 is 1. The molecule has 0 amide bonds. The molecule has 5 heteroatoms. The Kier molecular flexibility index (Phi) is 4.38. The van der Waals surface area contributed by atoms with Crippen LogP contribution in [0.15, 0.2) is 18.2 Å². The largest absolute Gasteiger partial charge is 0.497 e. The zero-order valence-electron chi connectivity index (χ0n) is 10.6. The second-order valence-corrected chi connectivity index (χ2v) is 4.88. The van der Waals surface area contributed by atoms with Gasteiger partial charge in [-0.15, -0.1) is 0 Å². The lowest BCUT2D eigenvalue weighted by molar-refractivity contribution is 0.273. The van der Waals surface area contributed by atoms with Crippen LogP contribution in [0.1, 0.15) is 24.8 Å². The third-order valence-electron chi connectivity index (χ3n) is 3.13. The van der Waals surface area contributed by atoms with Gasteiger partial charge in [-0.1, -0.05) is 18.6 Å². The molecule has 0 aliphatic carbocycles. The van der Waals surface area contributed by atoms with E-state index in [0.717, 1.165) is 30.1 Å². The van der Waals surface area contributed by atoms with E-state index < -0.39 is 0 Å². The van der Waals surface area contributed by atoms with Crippen LogP contribution in [0.4, 0.5) is 5.69 Å². The molecule has 98 valence electrons. The molecule has 1 aromatic carbocycles. The van der Waals surface area contributed by atoms with Gasteiger partial charge in [-0.3, -0.25) is 0 Å². The Bertz CT molecular complexity index is 430. The Hall–Kier alpha value is -1.33. The minimum Gasteiger partial charge on any atom is -0.497 e. The first-order valence-corrected chi connectivity index (χ1v) is 6.61. The minimum atomic E-state index is 0.400. The quantitative estimate of drug-likeness (QED) is 0.817. The molecule has 1 aromatic rings. The number of nitrogens with two attached hydrogens (primary N) is 1. The van der Waals surface area contributed by atoms with Crippen LogP contribution in [0.2, 0.25) is 0 Å². The monoisotopic (exact) mass is 265 g/mol. The fourth-order valence-electron chi connectivity index (χ4n) is 2.13. The molecule has 0 spiro atoms. The van der Waals surface area contributed by atoms with E-state index in [9.17, 15) is 0 Å². The number of nitrogens with one attached hydrogen (secondary N) is 1. The highest BCUT2D eigenvalue weighted by Gasteiger charge is 2.13. The van der Waals surface area contributed by atoms with Gasteiger partial charge in [0.2, 0.25) is 0 Å². The van der Waals surface area contributed by atoms with E-state index in [4.69, 9.17) is 22.7 Å². The standard InChI is InChI=1S/C13H19N3OS/c1-17-10-5-6-11(13(14)18)12(9-10)15-16-7-3-2-4-8-16/h5-6,9,15H,2-4,7-8H2,1H3,(H2,14,18). The van der Waals surface area contributed by atoms with E-state index in [1.54, 1.807) is 7.11 Å². The highest BCUT2D eigenvalue weighted by Crippen LogP contribution is 2.24. The fraction of sp³-hybridized carbons (Fsp3) is 0.462. The number of hydrazine groups is 1. The zero-order chi connectivity index (χ0) is 13.0. The summed E-state index contributed by atoms with van der Waals surface area (Å²) in [5.41, 5.74) is 10.9. The molecule has 1 fully saturated rings. The van der Waals surface area contributed by atoms with Crippen LogP contribution in [-0.4, -0.2) is 30.2 Å². The van der Waals surface area contributed by atoms with Crippen molar-refractivity contribution in [3.05, 3.63) is 23.8 Å². The lowest BCUT2D eigenvalue weighted by Crippen LogP contribution is -2.35. The van der Waals surface area contributed by atoms with Gasteiger partial charge >= 0.3 is 0 Å². The van der Waals surface area contributed by atoms with Crippen molar-refractivity contribution >= 4 is 22.9 Å². The van der Waals surface area contributed by atoms with E-state index in [1.165, 1.54) is 19.3 Å². The summed E-state index contributed by atoms with van der Waals surface area (Å²) in [5, 5.41) is 2.21. The topological polar surface area (TPSA) is 50.5 Å². The summed E-state index contributed by atoms with van der Waals surface area (Å²) >= 11 is 5.08. The third-order valence-corrected chi connectivity index (χ3v) is 3.35. The summed E-state index contributed by atoms with van der Waals surface area (Å²) in [6, 6.07) is 5.70. The van der Waals surface area contributed by atoms with Crippen molar-refractivity contribution in [1.29, 1.82) is 0 Å². The normalized spacial score (nSPS) is 16.3. The van der Waals surface area contributed by atoms with Crippen molar-refractivity contribution in [3.63, 3.8) is 0 Å². The number of hydrogen-bond acceptors (Lipinski definition) is 4. The first-order valence-electron chi connectivity index (χ1n) is 6.20. The van der Waals surface area contributed by atoms with Gasteiger partial charge in [0.05, 0.1) is 12.8 Å². The Morgan fingerprint density at radius 2 is 2.06 bits per heavy atom. The van der Waals surface area contributed by atoms with Gasteiger partial charge in [-0.2, -0.15) is 0 Å². The third kappa shape index (κ3) is 3.11. The maximum atomic E-state index is 5.74. The van der Waals surface area contributed by atoms with Gasteiger partial charge in [0.25, 0.3) is 0 Å². The lowest BCUT2D eigenvalue weighted by atomic mass is 10.1. The number of piperidine rings is 1. The first kappa shape index (κ1) is 13.1. The number of ether oxygens (including phenoxy) is 1. The molecule has 18 heavy (non-hydrogen) atoms. The smallest absolute Gasteiger partial charge is 0.121 e. The summed E-state index contributed by atoms with van der Waals surface area (Å²) in [6.45, 7) is 2.10. The predicted molar refractivity (Wildman–Crippen MR) is 77.9 cm³/mol. The van der Waals surface area contributed by atoms with Gasteiger partial charge in [-0.05, 0) is 25.0 Å². The van der Waals surface area contributed by atoms with Crippen molar-refractivity contribution in [2.45, 2.75) is 19.3 Å². The highest BCUT2D eigenvalue weighted by atomic mass is 32.1. The van der Waals surface area contributed by atoms with Gasteiger partial charge in [0.15, 0.2) is 0 Å². The molecule has 0 saturated carbocycles. The Morgan fingerprint density at radius 1 is 1.33 bits per heavy atom. The molecular weight excluding hydrogens is 246 g/mol. The summed E-state index contributed by atoms with van der Waals surface area (Å²) < 4.78 is 5.24. The molecular formula is C13H19N3OS. The van der Waals surface area contributed by atoms with Crippen LogP contribution in [0.3, 0.4) is 0 Å². The SMILES string of the molecule is COc1ccc(C(N)=S)c(NN2CCCCC2)c1. The first-order chi connectivity index (χ1) is 8.70. The van der Waals surface area contributed by atoms with Crippen molar-refractivity contribution in [3.8, 4) is 5.75 Å². The Labute approximate surface area is 113 Å². The highest BCUT2D eigenvalue weighted by molar-refractivity contribution is 7.80. The van der Waals surface area contributed by atoms with Crippen molar-refractivity contribution in [2.75, 3.05) is 25.6 Å². The summed E-state index contributed by atoms with van der Waals surface area (Å²) in [5.74, 6) is 0.800. The zero-order valence-corrected chi connectivity index (χ0v) is 11.4. The molecule has 1 aliphatic rings. The molecule has 1 aliphatic heterocycles. The molecule has 1 saturated heterocycles. The van der Waals surface area contributed by atoms with Gasteiger partial charge in [-0.25, -0.2) is 5.01 Å². The number of nitrogens with zero attached hydrogens (tertiary/aromatic N) is 1. The average molecular weight is 265 g/mol. The van der Waals surface area contributed by atoms with Crippen molar-refractivity contribution < 1.29 is 4.74 Å². The molecule has 3 N–H and O–H groups in total. The lowest BCUT2D eigenvalue weighted by Gasteiger charge is -2.28.